The summed E-state index contributed by atoms with van der Waals surface area (Å²) in [5, 5.41) is 24.9. The lowest BCUT2D eigenvalue weighted by atomic mass is 9.71. The predicted molar refractivity (Wildman–Crippen MR) is 141 cm³/mol. The van der Waals surface area contributed by atoms with Crippen LogP contribution in [0.3, 0.4) is 0 Å². The van der Waals surface area contributed by atoms with Gasteiger partial charge in [-0.2, -0.15) is 0 Å². The molecule has 2 rings (SSSR count). The van der Waals surface area contributed by atoms with Crippen LogP contribution < -0.4 is 0 Å². The van der Waals surface area contributed by atoms with Gasteiger partial charge in [-0.15, -0.1) is 11.3 Å². The summed E-state index contributed by atoms with van der Waals surface area (Å²) in [7, 11) is 0. The Bertz CT molecular complexity index is 947. The molecular formula is C28H43NO5S. The van der Waals surface area contributed by atoms with Crippen molar-refractivity contribution >= 4 is 29.2 Å². The van der Waals surface area contributed by atoms with E-state index in [1.807, 2.05) is 32.2 Å². The number of Topliss-reactive ketones (excluding diaryl/α,β-unsaturated/α-hetero) is 1. The Balaban J connectivity index is 2.40. The van der Waals surface area contributed by atoms with Gasteiger partial charge in [-0.3, -0.25) is 9.59 Å². The van der Waals surface area contributed by atoms with Crippen molar-refractivity contribution in [1.29, 1.82) is 0 Å². The first-order chi connectivity index (χ1) is 16.2. The van der Waals surface area contributed by atoms with E-state index in [0.717, 1.165) is 35.5 Å². The molecule has 0 saturated heterocycles. The molecule has 0 radical (unpaired) electrons. The molecule has 2 heterocycles. The maximum Gasteiger partial charge on any atom is 0.311 e. The van der Waals surface area contributed by atoms with Crippen LogP contribution in [-0.2, 0) is 14.3 Å². The van der Waals surface area contributed by atoms with Crippen LogP contribution in [0, 0.1) is 30.1 Å². The van der Waals surface area contributed by atoms with Gasteiger partial charge in [0.25, 0.3) is 0 Å². The van der Waals surface area contributed by atoms with Crippen LogP contribution in [0.4, 0.5) is 0 Å². The first-order valence-corrected chi connectivity index (χ1v) is 13.5. The number of rotatable bonds is 2. The topological polar surface area (TPSA) is 96.7 Å². The molecule has 1 aliphatic heterocycles. The van der Waals surface area contributed by atoms with Gasteiger partial charge in [-0.1, -0.05) is 39.3 Å². The molecule has 0 fully saturated rings. The van der Waals surface area contributed by atoms with Crippen LogP contribution in [0.2, 0.25) is 0 Å². The number of nitrogens with zero attached hydrogens (tertiary/aromatic N) is 1. The summed E-state index contributed by atoms with van der Waals surface area (Å²) >= 11 is 1.56. The minimum absolute atomic E-state index is 0.0514. The Hall–Kier alpha value is -1.83. The SMILES string of the molecule is C/C1=C/C[C@@H](/C(C)=C/c2csc(C)n2)OC(=O)C(C)[C@H](O)C(C)(C)C(=O)[C@H](C)[C@@H](O)[C@@H](C)CCC1. The normalized spacial score (nSPS) is 33.7. The lowest BCUT2D eigenvalue weighted by Gasteiger charge is -2.36. The number of hydrogen-bond donors (Lipinski definition) is 2. The molecule has 0 aliphatic carbocycles. The summed E-state index contributed by atoms with van der Waals surface area (Å²) in [4.78, 5) is 31.0. The molecule has 6 nitrogen and oxygen atoms in total. The molecule has 0 saturated carbocycles. The number of carbonyl (C=O) groups excluding carboxylic acids is 2. The van der Waals surface area contributed by atoms with Gasteiger partial charge in [-0.05, 0) is 64.5 Å². The summed E-state index contributed by atoms with van der Waals surface area (Å²) in [6.45, 7) is 14.5. The van der Waals surface area contributed by atoms with Gasteiger partial charge < -0.3 is 14.9 Å². The first-order valence-electron chi connectivity index (χ1n) is 12.6. The van der Waals surface area contributed by atoms with Gasteiger partial charge in [0.2, 0.25) is 0 Å². The van der Waals surface area contributed by atoms with Gasteiger partial charge >= 0.3 is 5.97 Å². The highest BCUT2D eigenvalue weighted by Crippen LogP contribution is 2.34. The van der Waals surface area contributed by atoms with E-state index < -0.39 is 41.5 Å². The van der Waals surface area contributed by atoms with Gasteiger partial charge in [0.05, 0.1) is 34.2 Å². The number of allylic oxidation sites excluding steroid dienone is 1. The molecule has 0 amide bonds. The molecule has 1 unspecified atom stereocenters. The highest BCUT2D eigenvalue weighted by molar-refractivity contribution is 7.09. The molecule has 0 bridgehead atoms. The van der Waals surface area contributed by atoms with Crippen LogP contribution in [0.1, 0.15) is 84.9 Å². The fourth-order valence-corrected chi connectivity index (χ4v) is 5.34. The number of thiazole rings is 1. The first kappa shape index (κ1) is 29.4. The molecule has 7 heteroatoms. The van der Waals surface area contributed by atoms with Crippen LogP contribution in [0.15, 0.2) is 22.6 Å². The minimum atomic E-state index is -1.25. The van der Waals surface area contributed by atoms with E-state index in [-0.39, 0.29) is 11.7 Å². The van der Waals surface area contributed by atoms with Crippen LogP contribution in [0.25, 0.3) is 6.08 Å². The Morgan fingerprint density at radius 1 is 1.17 bits per heavy atom. The van der Waals surface area contributed by atoms with E-state index in [0.29, 0.717) is 6.42 Å². The van der Waals surface area contributed by atoms with Crippen molar-refractivity contribution in [3.8, 4) is 0 Å². The molecule has 1 aliphatic rings. The molecule has 0 aromatic carbocycles. The summed E-state index contributed by atoms with van der Waals surface area (Å²) in [5.74, 6) is -2.42. The Kier molecular flexibility index (Phi) is 10.4. The zero-order chi connectivity index (χ0) is 26.5. The van der Waals surface area contributed by atoms with Crippen molar-refractivity contribution in [2.45, 2.75) is 99.4 Å². The Morgan fingerprint density at radius 3 is 2.43 bits per heavy atom. The summed E-state index contributed by atoms with van der Waals surface area (Å²) in [6, 6.07) is 0. The van der Waals surface area contributed by atoms with Crippen molar-refractivity contribution in [3.63, 3.8) is 0 Å². The fourth-order valence-electron chi connectivity index (χ4n) is 4.77. The number of aromatic nitrogens is 1. The van der Waals surface area contributed by atoms with E-state index in [1.54, 1.807) is 39.0 Å². The number of aryl methyl sites for hydroxylation is 1. The summed E-state index contributed by atoms with van der Waals surface area (Å²) in [5.41, 5.74) is 1.67. The molecule has 0 spiro atoms. The number of ketones is 1. The summed E-state index contributed by atoms with van der Waals surface area (Å²) < 4.78 is 5.92. The lowest BCUT2D eigenvalue weighted by Crippen LogP contribution is -2.49. The molecule has 1 aromatic rings. The van der Waals surface area contributed by atoms with Crippen molar-refractivity contribution in [3.05, 3.63) is 33.3 Å². The van der Waals surface area contributed by atoms with E-state index >= 15 is 0 Å². The number of esters is 1. The van der Waals surface area contributed by atoms with E-state index in [1.165, 1.54) is 5.57 Å². The Labute approximate surface area is 214 Å². The molecule has 2 N–H and O–H groups in total. The van der Waals surface area contributed by atoms with Crippen molar-refractivity contribution < 1.29 is 24.5 Å². The van der Waals surface area contributed by atoms with Gasteiger partial charge in [0, 0.05) is 17.7 Å². The third kappa shape index (κ3) is 7.58. The average Bonchev–Trinajstić information content (AvgIpc) is 3.22. The molecule has 6 atom stereocenters. The zero-order valence-corrected chi connectivity index (χ0v) is 23.3. The van der Waals surface area contributed by atoms with Gasteiger partial charge in [-0.25, -0.2) is 4.98 Å². The Morgan fingerprint density at radius 2 is 1.83 bits per heavy atom. The second-order valence-corrected chi connectivity index (χ2v) is 11.9. The highest BCUT2D eigenvalue weighted by atomic mass is 32.1. The summed E-state index contributed by atoms with van der Waals surface area (Å²) in [6.07, 6.45) is 4.56. The molecule has 1 aromatic heterocycles. The van der Waals surface area contributed by atoms with Crippen LogP contribution >= 0.6 is 11.3 Å². The van der Waals surface area contributed by atoms with Crippen molar-refractivity contribution in [2.75, 3.05) is 0 Å². The molecule has 35 heavy (non-hydrogen) atoms. The fraction of sp³-hybridized carbons (Fsp3) is 0.679. The quantitative estimate of drug-likeness (QED) is 0.406. The van der Waals surface area contributed by atoms with E-state index in [2.05, 4.69) is 18.0 Å². The van der Waals surface area contributed by atoms with Gasteiger partial charge in [0.15, 0.2) is 0 Å². The smallest absolute Gasteiger partial charge is 0.311 e. The predicted octanol–water partition coefficient (Wildman–Crippen LogP) is 5.51. The average molecular weight is 506 g/mol. The number of hydrogen-bond acceptors (Lipinski definition) is 7. The largest absolute Gasteiger partial charge is 0.457 e. The van der Waals surface area contributed by atoms with Crippen LogP contribution in [0.5, 0.6) is 0 Å². The number of aliphatic hydroxyl groups excluding tert-OH is 2. The highest BCUT2D eigenvalue weighted by Gasteiger charge is 2.45. The third-order valence-electron chi connectivity index (χ3n) is 7.42. The van der Waals surface area contributed by atoms with E-state index in [4.69, 9.17) is 4.74 Å². The van der Waals surface area contributed by atoms with Crippen molar-refractivity contribution in [2.24, 2.45) is 23.2 Å². The molecule has 196 valence electrons. The van der Waals surface area contributed by atoms with Gasteiger partial charge in [0.1, 0.15) is 11.9 Å². The van der Waals surface area contributed by atoms with Crippen molar-refractivity contribution in [1.82, 2.24) is 4.98 Å². The molecular weight excluding hydrogens is 462 g/mol. The second kappa shape index (κ2) is 12.4. The lowest BCUT2D eigenvalue weighted by molar-refractivity contribution is -0.161. The zero-order valence-electron chi connectivity index (χ0n) is 22.5. The number of ether oxygens (including phenoxy) is 1. The monoisotopic (exact) mass is 505 g/mol. The minimum Gasteiger partial charge on any atom is -0.457 e. The maximum absolute atomic E-state index is 13.3. The number of cyclic esters (lactones) is 1. The third-order valence-corrected chi connectivity index (χ3v) is 8.21. The number of carbonyl (C=O) groups is 2. The van der Waals surface area contributed by atoms with E-state index in [9.17, 15) is 19.8 Å². The number of aliphatic hydroxyl groups is 2. The second-order valence-electron chi connectivity index (χ2n) is 10.9. The standard InChI is InChI=1S/C28H43NO5S/c1-16-10-9-11-17(2)24(30)19(4)25(31)28(7,8)26(32)20(5)27(33)34-23(13-12-16)18(3)14-22-15-35-21(6)29-22/h12,14-15,17,19-20,23-24,26,30,32H,9-11,13H2,1-8H3/b16-12-,18-14+/t17-,19+,20?,23-,24-,26-/m0/s1. The maximum atomic E-state index is 13.3. The van der Waals surface area contributed by atoms with Crippen LogP contribution in [-0.4, -0.2) is 45.3 Å².